The van der Waals surface area contributed by atoms with Crippen LogP contribution in [0.4, 0.5) is 0 Å². The smallest absolute Gasteiger partial charge is 0.235 e. The van der Waals surface area contributed by atoms with Gasteiger partial charge in [0.15, 0.2) is 0 Å². The maximum atomic E-state index is 6.21. The molecule has 4 heterocycles. The third-order valence-electron chi connectivity index (χ3n) is 11.9. The first kappa shape index (κ1) is 30.6. The third-order valence-corrected chi connectivity index (χ3v) is 11.9. The van der Waals surface area contributed by atoms with Gasteiger partial charge in [-0.2, -0.15) is 0 Å². The lowest BCUT2D eigenvalue weighted by molar-refractivity contribution is 0.669. The van der Waals surface area contributed by atoms with E-state index in [9.17, 15) is 0 Å². The minimum atomic E-state index is 0.632. The van der Waals surface area contributed by atoms with Crippen LogP contribution in [-0.4, -0.2) is 19.1 Å². The SMILES string of the molecule is c1ccc2cc3c(cc2c1)c1ccccc1n3-c1cccc2cc3c4ccccc4n(-c4nc(-c5ccc6oc7ccccc7c6c5)c5ccccc5n4)c3cc12. The molecule has 264 valence electrons. The predicted octanol–water partition coefficient (Wildman–Crippen LogP) is 13.7. The highest BCUT2D eigenvalue weighted by Gasteiger charge is 2.21. The van der Waals surface area contributed by atoms with Crippen LogP contribution in [0.5, 0.6) is 0 Å². The van der Waals surface area contributed by atoms with Crippen LogP contribution in [0.2, 0.25) is 0 Å². The average molecular weight is 727 g/mol. The maximum Gasteiger partial charge on any atom is 0.235 e. The molecule has 0 fully saturated rings. The summed E-state index contributed by atoms with van der Waals surface area (Å²) in [4.78, 5) is 10.8. The van der Waals surface area contributed by atoms with Crippen molar-refractivity contribution in [2.45, 2.75) is 0 Å². The second kappa shape index (κ2) is 11.4. The van der Waals surface area contributed by atoms with Gasteiger partial charge in [0, 0.05) is 48.7 Å². The van der Waals surface area contributed by atoms with Crippen molar-refractivity contribution in [2.24, 2.45) is 0 Å². The predicted molar refractivity (Wildman–Crippen MR) is 236 cm³/mol. The Bertz CT molecular complexity index is 3830. The van der Waals surface area contributed by atoms with Crippen LogP contribution in [0.15, 0.2) is 186 Å². The number of hydrogen-bond acceptors (Lipinski definition) is 3. The summed E-state index contributed by atoms with van der Waals surface area (Å²) in [5.41, 5.74) is 10.1. The zero-order chi connectivity index (χ0) is 37.2. The summed E-state index contributed by atoms with van der Waals surface area (Å²) in [5, 5.41) is 12.8. The fourth-order valence-corrected chi connectivity index (χ4v) is 9.31. The van der Waals surface area contributed by atoms with Crippen molar-refractivity contribution >= 4 is 98.0 Å². The summed E-state index contributed by atoms with van der Waals surface area (Å²) in [6.07, 6.45) is 0. The topological polar surface area (TPSA) is 48.8 Å². The van der Waals surface area contributed by atoms with Crippen LogP contribution >= 0.6 is 0 Å². The Morgan fingerprint density at radius 1 is 0.351 bits per heavy atom. The van der Waals surface area contributed by atoms with Crippen molar-refractivity contribution in [3.05, 3.63) is 182 Å². The van der Waals surface area contributed by atoms with Gasteiger partial charge in [0.25, 0.3) is 0 Å². The van der Waals surface area contributed by atoms with E-state index in [-0.39, 0.29) is 0 Å². The first-order valence-corrected chi connectivity index (χ1v) is 19.3. The van der Waals surface area contributed by atoms with E-state index >= 15 is 0 Å². The van der Waals surface area contributed by atoms with Gasteiger partial charge in [-0.15, -0.1) is 0 Å². The maximum absolute atomic E-state index is 6.21. The van der Waals surface area contributed by atoms with E-state index in [4.69, 9.17) is 14.4 Å². The number of aromatic nitrogens is 4. The molecular formula is C52H30N4O. The molecule has 5 nitrogen and oxygen atoms in total. The monoisotopic (exact) mass is 726 g/mol. The fraction of sp³-hybridized carbons (Fsp3) is 0. The van der Waals surface area contributed by atoms with Crippen molar-refractivity contribution in [1.82, 2.24) is 19.1 Å². The van der Waals surface area contributed by atoms with Crippen molar-refractivity contribution in [1.29, 1.82) is 0 Å². The van der Waals surface area contributed by atoms with Crippen molar-refractivity contribution in [2.75, 3.05) is 0 Å². The zero-order valence-electron chi connectivity index (χ0n) is 30.5. The van der Waals surface area contributed by atoms with E-state index in [0.717, 1.165) is 77.0 Å². The van der Waals surface area contributed by atoms with Gasteiger partial charge in [0.05, 0.1) is 39.0 Å². The highest BCUT2D eigenvalue weighted by molar-refractivity contribution is 6.17. The number of hydrogen-bond donors (Lipinski definition) is 0. The van der Waals surface area contributed by atoms with Crippen LogP contribution in [0.25, 0.3) is 121 Å². The third kappa shape index (κ3) is 4.34. The molecule has 0 N–H and O–H groups in total. The van der Waals surface area contributed by atoms with E-state index in [1.54, 1.807) is 0 Å². The van der Waals surface area contributed by atoms with Gasteiger partial charge in [-0.1, -0.05) is 109 Å². The largest absolute Gasteiger partial charge is 0.456 e. The summed E-state index contributed by atoms with van der Waals surface area (Å²) >= 11 is 0. The highest BCUT2D eigenvalue weighted by atomic mass is 16.3. The summed E-state index contributed by atoms with van der Waals surface area (Å²) in [6, 6.07) is 65.0. The summed E-state index contributed by atoms with van der Waals surface area (Å²) in [7, 11) is 0. The number of furan rings is 1. The van der Waals surface area contributed by atoms with E-state index in [2.05, 4.69) is 179 Å². The van der Waals surface area contributed by atoms with Crippen molar-refractivity contribution < 1.29 is 4.42 Å². The Hall–Kier alpha value is -7.76. The molecule has 0 aliphatic rings. The summed E-state index contributed by atoms with van der Waals surface area (Å²) < 4.78 is 10.9. The number of nitrogens with zero attached hydrogens (tertiary/aromatic N) is 4. The van der Waals surface area contributed by atoms with Crippen LogP contribution < -0.4 is 0 Å². The van der Waals surface area contributed by atoms with E-state index < -0.39 is 0 Å². The molecule has 0 saturated carbocycles. The van der Waals surface area contributed by atoms with E-state index in [1.807, 2.05) is 12.1 Å². The lowest BCUT2D eigenvalue weighted by Crippen LogP contribution is -2.03. The average Bonchev–Trinajstić information content (AvgIpc) is 3.91. The van der Waals surface area contributed by atoms with Crippen LogP contribution in [0, 0.1) is 0 Å². The molecule has 0 unspecified atom stereocenters. The summed E-state index contributed by atoms with van der Waals surface area (Å²) in [5.74, 6) is 0.632. The molecule has 9 aromatic carbocycles. The first-order chi connectivity index (χ1) is 28.2. The molecule has 0 atom stereocenters. The Morgan fingerprint density at radius 2 is 0.965 bits per heavy atom. The van der Waals surface area contributed by atoms with Crippen LogP contribution in [-0.2, 0) is 0 Å². The molecular weight excluding hydrogens is 697 g/mol. The Kier molecular flexibility index (Phi) is 6.10. The molecule has 0 saturated heterocycles. The molecule has 57 heavy (non-hydrogen) atoms. The second-order valence-corrected chi connectivity index (χ2v) is 15.0. The number of benzene rings is 9. The Labute approximate surface area is 325 Å². The molecule has 0 aliphatic carbocycles. The number of para-hydroxylation sites is 4. The Balaban J connectivity index is 1.11. The van der Waals surface area contributed by atoms with Crippen LogP contribution in [0.1, 0.15) is 0 Å². The minimum Gasteiger partial charge on any atom is -0.456 e. The van der Waals surface area contributed by atoms with Gasteiger partial charge >= 0.3 is 0 Å². The van der Waals surface area contributed by atoms with Gasteiger partial charge in [-0.25, -0.2) is 9.97 Å². The van der Waals surface area contributed by atoms with Crippen molar-refractivity contribution in [3.63, 3.8) is 0 Å². The standard InChI is InChI=1S/C52H30N4O/c1-2-13-32-29-47-40(26-31(32)12-1)35-15-4-8-20-44(35)55(47)46-22-11-14-33-27-41-36-16-5-9-21-45(36)56(48(41)30-39(33)46)52-53-43-19-7-3-18-38(43)51(54-52)34-24-25-50-42(28-34)37-17-6-10-23-49(37)57-50/h1-30H. The van der Waals surface area contributed by atoms with E-state index in [1.165, 1.54) is 38.0 Å². The van der Waals surface area contributed by atoms with Crippen molar-refractivity contribution in [3.8, 4) is 22.9 Å². The lowest BCUT2D eigenvalue weighted by Gasteiger charge is -2.14. The molecule has 4 aromatic heterocycles. The summed E-state index contributed by atoms with van der Waals surface area (Å²) in [6.45, 7) is 0. The minimum absolute atomic E-state index is 0.632. The second-order valence-electron chi connectivity index (χ2n) is 15.0. The Morgan fingerprint density at radius 3 is 1.79 bits per heavy atom. The van der Waals surface area contributed by atoms with Gasteiger partial charge in [-0.3, -0.25) is 4.57 Å². The molecule has 0 amide bonds. The highest BCUT2D eigenvalue weighted by Crippen LogP contribution is 2.41. The quantitative estimate of drug-likeness (QED) is 0.182. The zero-order valence-corrected chi connectivity index (χ0v) is 30.5. The lowest BCUT2D eigenvalue weighted by atomic mass is 10.0. The van der Waals surface area contributed by atoms with Gasteiger partial charge in [0.2, 0.25) is 5.95 Å². The molecule has 0 spiro atoms. The number of fused-ring (bicyclic) bond motifs is 12. The van der Waals surface area contributed by atoms with Gasteiger partial charge < -0.3 is 8.98 Å². The molecule has 13 rings (SSSR count). The van der Waals surface area contributed by atoms with Crippen LogP contribution in [0.3, 0.4) is 0 Å². The normalized spacial score (nSPS) is 12.2. The molecule has 0 radical (unpaired) electrons. The number of rotatable bonds is 3. The fourth-order valence-electron chi connectivity index (χ4n) is 9.31. The van der Waals surface area contributed by atoms with Gasteiger partial charge in [0.1, 0.15) is 11.2 Å². The molecule has 0 aliphatic heterocycles. The molecule has 5 heteroatoms. The first-order valence-electron chi connectivity index (χ1n) is 19.3. The molecule has 13 aromatic rings. The van der Waals surface area contributed by atoms with E-state index in [0.29, 0.717) is 5.95 Å². The van der Waals surface area contributed by atoms with Gasteiger partial charge in [-0.05, 0) is 89.0 Å². The molecule has 0 bridgehead atoms.